The third kappa shape index (κ3) is 7.40. The molecule has 8 rings (SSSR count). The molecule has 13 nitrogen and oxygen atoms in total. The lowest BCUT2D eigenvalue weighted by molar-refractivity contribution is -0.249. The number of rotatable bonds is 12. The van der Waals surface area contributed by atoms with Crippen molar-refractivity contribution in [2.75, 3.05) is 26.0 Å². The van der Waals surface area contributed by atoms with Crippen LogP contribution in [0.5, 0.6) is 0 Å². The first-order valence-corrected chi connectivity index (χ1v) is 21.3. The normalized spacial score (nSPS) is 33.1. The number of hydrogen-bond acceptors (Lipinski definition) is 12. The molecule has 1 saturated heterocycles. The van der Waals surface area contributed by atoms with Gasteiger partial charge in [-0.2, -0.15) is 0 Å². The van der Waals surface area contributed by atoms with E-state index in [2.05, 4.69) is 10.3 Å². The second-order valence-corrected chi connectivity index (χ2v) is 18.7. The molecular weight excluding hydrogens is 817 g/mol. The van der Waals surface area contributed by atoms with Gasteiger partial charge in [-0.1, -0.05) is 43.3 Å². The van der Waals surface area contributed by atoms with E-state index in [1.165, 1.54) is 19.1 Å². The summed E-state index contributed by atoms with van der Waals surface area (Å²) >= 11 is 0. The average Bonchev–Trinajstić information content (AvgIpc) is 3.65. The summed E-state index contributed by atoms with van der Waals surface area (Å²) in [7, 11) is 3.60. The van der Waals surface area contributed by atoms with Crippen LogP contribution in [0.25, 0.3) is 10.8 Å². The summed E-state index contributed by atoms with van der Waals surface area (Å²) in [5.41, 5.74) is -4.98. The zero-order valence-electron chi connectivity index (χ0n) is 36.2. The number of aliphatic hydroxyl groups is 1. The fraction of sp³-hybridized carbons (Fsp3) is 0.500. The van der Waals surface area contributed by atoms with Crippen molar-refractivity contribution in [1.29, 1.82) is 0 Å². The summed E-state index contributed by atoms with van der Waals surface area (Å²) in [6, 6.07) is 13.9. The molecule has 3 saturated carbocycles. The Balaban J connectivity index is 0.865. The van der Waals surface area contributed by atoms with E-state index in [0.29, 0.717) is 11.3 Å². The molecule has 10 atom stereocenters. The van der Waals surface area contributed by atoms with Gasteiger partial charge in [-0.3, -0.25) is 33.9 Å². The van der Waals surface area contributed by atoms with E-state index in [0.717, 1.165) is 22.4 Å². The van der Waals surface area contributed by atoms with E-state index in [9.17, 15) is 29.1 Å². The summed E-state index contributed by atoms with van der Waals surface area (Å²) < 4.78 is 57.2. The molecule has 1 amide bonds. The van der Waals surface area contributed by atoms with E-state index in [1.54, 1.807) is 76.4 Å². The number of fused-ring (bicyclic) bond motifs is 8. The van der Waals surface area contributed by atoms with Crippen molar-refractivity contribution in [2.45, 2.75) is 108 Å². The average molecular weight is 870 g/mol. The number of esters is 2. The van der Waals surface area contributed by atoms with Crippen LogP contribution in [0.4, 0.5) is 14.5 Å². The minimum Gasteiger partial charge on any atom is -0.461 e. The van der Waals surface area contributed by atoms with Crippen LogP contribution in [0.3, 0.4) is 0 Å². The summed E-state index contributed by atoms with van der Waals surface area (Å²) in [5.74, 6) is -5.86. The van der Waals surface area contributed by atoms with Crippen LogP contribution in [-0.2, 0) is 49.5 Å². The zero-order chi connectivity index (χ0) is 45.3. The minimum absolute atomic E-state index is 0.00732. The van der Waals surface area contributed by atoms with Crippen LogP contribution < -0.4 is 5.32 Å². The van der Waals surface area contributed by atoms with Crippen LogP contribution in [0.15, 0.2) is 84.7 Å². The van der Waals surface area contributed by atoms with Crippen LogP contribution >= 0.6 is 0 Å². The Morgan fingerprint density at radius 2 is 1.68 bits per heavy atom. The lowest BCUT2D eigenvalue weighted by Crippen LogP contribution is -2.71. The maximum Gasteiger partial charge on any atom is 0.306 e. The number of halogens is 2. The summed E-state index contributed by atoms with van der Waals surface area (Å²) in [4.78, 5) is 71.6. The molecule has 0 radical (unpaired) electrons. The fourth-order valence-corrected chi connectivity index (χ4v) is 11.4. The van der Waals surface area contributed by atoms with Gasteiger partial charge in [0.1, 0.15) is 18.8 Å². The predicted molar refractivity (Wildman–Crippen MR) is 225 cm³/mol. The predicted octanol–water partition coefficient (Wildman–Crippen LogP) is 6.23. The van der Waals surface area contributed by atoms with Crippen LogP contribution in [0.1, 0.15) is 77.0 Å². The Labute approximate surface area is 364 Å². The topological polar surface area (TPSA) is 171 Å². The Bertz CT molecular complexity index is 2420. The second-order valence-electron chi connectivity index (χ2n) is 18.7. The number of aromatic nitrogens is 1. The third-order valence-electron chi connectivity index (χ3n) is 14.3. The molecule has 3 aromatic rings. The zero-order valence-corrected chi connectivity index (χ0v) is 36.2. The standard InChI is InChI=1S/C48H53F2N3O10/c1-44(2)62-39-22-33-34-21-36(49)35-20-32(54)15-17-45(35,3)47(34,50)37(55)23-46(33,4)48(39,63-44)38(56)26-61-41(58)14-13-40(57)60-25-27-7-9-28(10-8-27)42(53(5)6)43(59)52-31-12-11-30-24-51-18-16-29(30)19-31/h7-12,15-20,24,33-34,36-37,39,42,55H,13-14,21-23,25-26H2,1-6H3,(H,52,59)/t33-,34-,36-,37?,39+,42+,45-,46?,47-,48+/m0/s1. The first kappa shape index (κ1) is 44.4. The minimum atomic E-state index is -2.36. The number of nitrogens with one attached hydrogen (secondary N) is 1. The Morgan fingerprint density at radius 3 is 2.40 bits per heavy atom. The molecule has 2 unspecified atom stereocenters. The van der Waals surface area contributed by atoms with Gasteiger partial charge in [0.05, 0.1) is 25.0 Å². The van der Waals surface area contributed by atoms with Gasteiger partial charge >= 0.3 is 11.9 Å². The molecule has 2 heterocycles. The lowest BCUT2D eigenvalue weighted by Gasteiger charge is -2.63. The molecular formula is C48H53F2N3O10. The van der Waals surface area contributed by atoms with E-state index in [1.807, 2.05) is 24.3 Å². The Morgan fingerprint density at radius 1 is 0.968 bits per heavy atom. The second kappa shape index (κ2) is 16.1. The van der Waals surface area contributed by atoms with Crippen molar-refractivity contribution in [3.8, 4) is 0 Å². The highest BCUT2D eigenvalue weighted by molar-refractivity contribution is 6.01. The van der Waals surface area contributed by atoms with Crippen molar-refractivity contribution in [3.05, 3.63) is 95.9 Å². The maximum absolute atomic E-state index is 17.7. The number of nitrogens with zero attached hydrogens (tertiary/aromatic N) is 2. The van der Waals surface area contributed by atoms with E-state index >= 15 is 8.78 Å². The molecule has 0 spiro atoms. The number of anilines is 1. The number of alkyl halides is 2. The molecule has 0 bridgehead atoms. The van der Waals surface area contributed by atoms with Crippen LogP contribution in [0.2, 0.25) is 0 Å². The molecule has 4 aliphatic carbocycles. The molecule has 2 aromatic carbocycles. The van der Waals surface area contributed by atoms with E-state index in [4.69, 9.17) is 18.9 Å². The number of benzene rings is 2. The highest BCUT2D eigenvalue weighted by Gasteiger charge is 2.80. The molecule has 5 aliphatic rings. The Kier molecular flexibility index (Phi) is 11.3. The number of carbonyl (C=O) groups is 5. The first-order chi connectivity index (χ1) is 29.7. The van der Waals surface area contributed by atoms with Gasteiger partial charge in [-0.05, 0) is 112 Å². The van der Waals surface area contributed by atoms with Gasteiger partial charge in [-0.15, -0.1) is 0 Å². The SMILES string of the molecule is CN(C)[C@@H](C(=O)Nc1ccc2cnccc2c1)c1ccc(COC(=O)CCC(=O)OCC(=O)[C@@]23OC(C)(C)O[C@@H]2C[C@H]2[C@@H]4C[C@H](F)C5=CC(=O)C=C[C@]5(C)[C@@]4(F)C(O)CC23C)cc1. The van der Waals surface area contributed by atoms with Gasteiger partial charge in [0, 0.05) is 40.2 Å². The van der Waals surface area contributed by atoms with Crippen molar-refractivity contribution in [1.82, 2.24) is 9.88 Å². The molecule has 1 aliphatic heterocycles. The first-order valence-electron chi connectivity index (χ1n) is 21.3. The van der Waals surface area contributed by atoms with Gasteiger partial charge in [0.25, 0.3) is 0 Å². The fourth-order valence-electron chi connectivity index (χ4n) is 11.4. The van der Waals surface area contributed by atoms with E-state index < -0.39 is 94.3 Å². The number of ether oxygens (including phenoxy) is 4. The summed E-state index contributed by atoms with van der Waals surface area (Å²) in [6.45, 7) is 5.66. The molecule has 63 heavy (non-hydrogen) atoms. The summed E-state index contributed by atoms with van der Waals surface area (Å²) in [5, 5.41) is 16.7. The number of ketones is 2. The van der Waals surface area contributed by atoms with Gasteiger partial charge in [-0.25, -0.2) is 8.78 Å². The number of amides is 1. The summed E-state index contributed by atoms with van der Waals surface area (Å²) in [6.07, 6.45) is 1.73. The van der Waals surface area contributed by atoms with Crippen molar-refractivity contribution >= 4 is 45.9 Å². The molecule has 2 N–H and O–H groups in total. The number of Topliss-reactive ketones (excluding diaryl/α,β-unsaturated/α-hetero) is 1. The number of carbonyl (C=O) groups excluding carboxylic acids is 5. The largest absolute Gasteiger partial charge is 0.461 e. The van der Waals surface area contributed by atoms with Crippen molar-refractivity contribution in [2.24, 2.45) is 22.7 Å². The van der Waals surface area contributed by atoms with Gasteiger partial charge in [0.15, 0.2) is 29.4 Å². The molecule has 4 fully saturated rings. The Hall–Kier alpha value is -5.22. The highest BCUT2D eigenvalue weighted by atomic mass is 19.1. The molecule has 334 valence electrons. The third-order valence-corrected chi connectivity index (χ3v) is 14.3. The monoisotopic (exact) mass is 869 g/mol. The smallest absolute Gasteiger partial charge is 0.306 e. The van der Waals surface area contributed by atoms with E-state index in [-0.39, 0.29) is 50.2 Å². The van der Waals surface area contributed by atoms with Gasteiger partial charge < -0.3 is 29.4 Å². The number of pyridine rings is 1. The maximum atomic E-state index is 17.7. The molecule has 15 heteroatoms. The number of hydrogen-bond donors (Lipinski definition) is 2. The van der Waals surface area contributed by atoms with Crippen molar-refractivity contribution in [3.63, 3.8) is 0 Å². The number of allylic oxidation sites excluding steroid dienone is 4. The quantitative estimate of drug-likeness (QED) is 0.197. The van der Waals surface area contributed by atoms with Crippen LogP contribution in [-0.4, -0.2) is 101 Å². The van der Waals surface area contributed by atoms with Crippen LogP contribution in [0, 0.1) is 22.7 Å². The van der Waals surface area contributed by atoms with Crippen molar-refractivity contribution < 1.29 is 56.8 Å². The lowest BCUT2D eigenvalue weighted by atomic mass is 9.44. The molecule has 1 aromatic heterocycles. The van der Waals surface area contributed by atoms with Gasteiger partial charge in [0.2, 0.25) is 11.7 Å². The highest BCUT2D eigenvalue weighted by Crippen LogP contribution is 2.72. The number of aliphatic hydroxyl groups excluding tert-OH is 1. The number of likely N-dealkylation sites (N-methyl/N-ethyl adjacent to an activating group) is 1.